The molecule has 1 N–H and O–H groups in total. The number of aryl methyl sites for hydroxylation is 2. The van der Waals surface area contributed by atoms with Crippen LogP contribution in [0.15, 0.2) is 39.9 Å². The largest absolute Gasteiger partial charge is 0.466 e. The zero-order chi connectivity index (χ0) is 15.0. The number of amides is 1. The summed E-state index contributed by atoms with van der Waals surface area (Å²) in [5, 5.41) is 4.10. The van der Waals surface area contributed by atoms with Gasteiger partial charge in [0.25, 0.3) is 5.91 Å². The van der Waals surface area contributed by atoms with E-state index in [9.17, 15) is 9.59 Å². The molecule has 0 spiro atoms. The number of Topliss-reactive ketones (excluding diaryl/α,β-unsaturated/α-hetero) is 1. The summed E-state index contributed by atoms with van der Waals surface area (Å²) in [6.07, 6.45) is 0.211. The van der Waals surface area contributed by atoms with Crippen LogP contribution in [0.1, 0.15) is 44.2 Å². The fraction of sp³-hybridized carbons (Fsp3) is 0.188. The van der Waals surface area contributed by atoms with Crippen LogP contribution in [0.3, 0.4) is 0 Å². The number of nitrogens with one attached hydrogen (secondary N) is 1. The van der Waals surface area contributed by atoms with E-state index in [-0.39, 0.29) is 18.1 Å². The van der Waals surface area contributed by atoms with Crippen molar-refractivity contribution in [2.75, 3.05) is 0 Å². The predicted octanol–water partition coefficient (Wildman–Crippen LogP) is 2.62. The van der Waals surface area contributed by atoms with Crippen LogP contribution in [-0.4, -0.2) is 17.4 Å². The molecule has 0 saturated heterocycles. The lowest BCUT2D eigenvalue weighted by Gasteiger charge is -2.01. The Hall–Kier alpha value is -2.69. The minimum absolute atomic E-state index is 0.0222. The zero-order valence-corrected chi connectivity index (χ0v) is 11.8. The van der Waals surface area contributed by atoms with Gasteiger partial charge in [0, 0.05) is 11.1 Å². The maximum absolute atomic E-state index is 12.1. The first-order valence-corrected chi connectivity index (χ1v) is 6.63. The van der Waals surface area contributed by atoms with E-state index in [0.717, 1.165) is 5.56 Å². The van der Waals surface area contributed by atoms with Crippen LogP contribution >= 0.6 is 0 Å². The molecule has 0 radical (unpaired) electrons. The molecule has 1 amide bonds. The number of furan rings is 1. The van der Waals surface area contributed by atoms with Gasteiger partial charge in [-0.3, -0.25) is 9.59 Å². The molecule has 0 bridgehead atoms. The molecular formula is C16H14N2O3. The molecule has 1 heterocycles. The summed E-state index contributed by atoms with van der Waals surface area (Å²) in [5.74, 6) is 0.905. The van der Waals surface area contributed by atoms with Gasteiger partial charge >= 0.3 is 0 Å². The van der Waals surface area contributed by atoms with Crippen LogP contribution in [0.5, 0.6) is 0 Å². The second-order valence-electron chi connectivity index (χ2n) is 4.97. The molecule has 106 valence electrons. The number of nitrogens with zero attached hydrogens (tertiary/aromatic N) is 1. The molecular weight excluding hydrogens is 268 g/mol. The average molecular weight is 282 g/mol. The number of rotatable bonds is 2. The van der Waals surface area contributed by atoms with Gasteiger partial charge in [0.05, 0.1) is 17.7 Å². The Labute approximate surface area is 121 Å². The molecule has 5 heteroatoms. The lowest BCUT2D eigenvalue weighted by molar-refractivity contribution is 0.0950. The molecule has 3 rings (SSSR count). The van der Waals surface area contributed by atoms with Crippen molar-refractivity contribution in [3.05, 3.63) is 58.5 Å². The maximum Gasteiger partial charge on any atom is 0.274 e. The predicted molar refractivity (Wildman–Crippen MR) is 77.6 cm³/mol. The quantitative estimate of drug-likeness (QED) is 0.861. The van der Waals surface area contributed by atoms with Crippen molar-refractivity contribution in [1.29, 1.82) is 0 Å². The second-order valence-corrected chi connectivity index (χ2v) is 4.97. The SMILES string of the molecule is Cc1cc(C(=O)N/N=C2/CC(=O)c3ccccc32)c(C)o1. The highest BCUT2D eigenvalue weighted by Gasteiger charge is 2.25. The van der Waals surface area contributed by atoms with Crippen LogP contribution < -0.4 is 5.43 Å². The first-order chi connectivity index (χ1) is 10.1. The van der Waals surface area contributed by atoms with Gasteiger partial charge in [-0.15, -0.1) is 0 Å². The standard InChI is InChI=1S/C16H14N2O3/c1-9-7-13(10(2)21-9)16(20)18-17-14-8-15(19)12-6-4-3-5-11(12)14/h3-7H,8H2,1-2H3,(H,18,20)/b17-14-. The highest BCUT2D eigenvalue weighted by Crippen LogP contribution is 2.22. The molecule has 0 unspecified atom stereocenters. The summed E-state index contributed by atoms with van der Waals surface area (Å²) < 4.78 is 5.32. The van der Waals surface area contributed by atoms with Gasteiger partial charge < -0.3 is 4.42 Å². The van der Waals surface area contributed by atoms with E-state index in [1.807, 2.05) is 18.2 Å². The molecule has 1 aliphatic rings. The molecule has 2 aromatic rings. The van der Waals surface area contributed by atoms with Crippen molar-refractivity contribution in [2.24, 2.45) is 5.10 Å². The molecule has 1 aliphatic carbocycles. The highest BCUT2D eigenvalue weighted by molar-refractivity contribution is 6.26. The third-order valence-corrected chi connectivity index (χ3v) is 3.44. The monoisotopic (exact) mass is 282 g/mol. The van der Waals surface area contributed by atoms with E-state index < -0.39 is 0 Å². The van der Waals surface area contributed by atoms with Crippen LogP contribution in [0.4, 0.5) is 0 Å². The molecule has 1 aromatic heterocycles. The van der Waals surface area contributed by atoms with Gasteiger partial charge in [-0.05, 0) is 19.9 Å². The lowest BCUT2D eigenvalue weighted by Crippen LogP contribution is -2.19. The van der Waals surface area contributed by atoms with Gasteiger partial charge in [0.15, 0.2) is 5.78 Å². The fourth-order valence-electron chi connectivity index (χ4n) is 2.45. The van der Waals surface area contributed by atoms with E-state index in [1.165, 1.54) is 0 Å². The third kappa shape index (κ3) is 2.38. The van der Waals surface area contributed by atoms with Crippen molar-refractivity contribution in [3.8, 4) is 0 Å². The van der Waals surface area contributed by atoms with E-state index in [2.05, 4.69) is 10.5 Å². The fourth-order valence-corrected chi connectivity index (χ4v) is 2.45. The van der Waals surface area contributed by atoms with Crippen molar-refractivity contribution in [3.63, 3.8) is 0 Å². The number of hydrogen-bond donors (Lipinski definition) is 1. The van der Waals surface area contributed by atoms with Crippen LogP contribution in [0.25, 0.3) is 0 Å². The number of hydrogen-bond acceptors (Lipinski definition) is 4. The second kappa shape index (κ2) is 5.01. The van der Waals surface area contributed by atoms with Crippen LogP contribution in [-0.2, 0) is 0 Å². The number of carbonyl (C=O) groups is 2. The number of benzene rings is 1. The van der Waals surface area contributed by atoms with Gasteiger partial charge in [-0.25, -0.2) is 5.43 Å². The number of hydrazone groups is 1. The molecule has 0 aliphatic heterocycles. The molecule has 0 fully saturated rings. The van der Waals surface area contributed by atoms with Crippen molar-refractivity contribution >= 4 is 17.4 Å². The van der Waals surface area contributed by atoms with E-state index in [4.69, 9.17) is 4.42 Å². The smallest absolute Gasteiger partial charge is 0.274 e. The van der Waals surface area contributed by atoms with Crippen LogP contribution in [0.2, 0.25) is 0 Å². The summed E-state index contributed by atoms with van der Waals surface area (Å²) in [4.78, 5) is 23.9. The van der Waals surface area contributed by atoms with Gasteiger partial charge in [-0.2, -0.15) is 5.10 Å². The minimum Gasteiger partial charge on any atom is -0.466 e. The topological polar surface area (TPSA) is 71.7 Å². The number of ketones is 1. The molecule has 21 heavy (non-hydrogen) atoms. The highest BCUT2D eigenvalue weighted by atomic mass is 16.3. The van der Waals surface area contributed by atoms with Gasteiger partial charge in [-0.1, -0.05) is 24.3 Å². The average Bonchev–Trinajstić information content (AvgIpc) is 2.97. The lowest BCUT2D eigenvalue weighted by atomic mass is 10.1. The number of fused-ring (bicyclic) bond motifs is 1. The summed E-state index contributed by atoms with van der Waals surface area (Å²) in [6, 6.07) is 8.93. The van der Waals surface area contributed by atoms with Crippen LogP contribution in [0, 0.1) is 13.8 Å². The van der Waals surface area contributed by atoms with E-state index in [0.29, 0.717) is 28.4 Å². The Bertz CT molecular complexity index is 772. The Morgan fingerprint density at radius 2 is 1.95 bits per heavy atom. The van der Waals surface area contributed by atoms with E-state index >= 15 is 0 Å². The minimum atomic E-state index is -0.339. The maximum atomic E-state index is 12.1. The van der Waals surface area contributed by atoms with Gasteiger partial charge in [0.1, 0.15) is 11.5 Å². The Balaban J connectivity index is 1.83. The first-order valence-electron chi connectivity index (χ1n) is 6.63. The normalized spacial score (nSPS) is 15.3. The molecule has 0 saturated carbocycles. The first kappa shape index (κ1) is 13.3. The summed E-state index contributed by atoms with van der Waals surface area (Å²) >= 11 is 0. The molecule has 0 atom stereocenters. The number of carbonyl (C=O) groups excluding carboxylic acids is 2. The summed E-state index contributed by atoms with van der Waals surface area (Å²) in [6.45, 7) is 3.50. The summed E-state index contributed by atoms with van der Waals surface area (Å²) in [5.41, 5.74) is 4.97. The van der Waals surface area contributed by atoms with Crippen molar-refractivity contribution in [2.45, 2.75) is 20.3 Å². The molecule has 1 aromatic carbocycles. The Morgan fingerprint density at radius 3 is 2.62 bits per heavy atom. The Kier molecular flexibility index (Phi) is 3.17. The third-order valence-electron chi connectivity index (χ3n) is 3.44. The van der Waals surface area contributed by atoms with Crippen molar-refractivity contribution in [1.82, 2.24) is 5.43 Å². The van der Waals surface area contributed by atoms with Gasteiger partial charge in [0.2, 0.25) is 0 Å². The molecule has 5 nitrogen and oxygen atoms in total. The van der Waals surface area contributed by atoms with Crippen molar-refractivity contribution < 1.29 is 14.0 Å². The summed E-state index contributed by atoms with van der Waals surface area (Å²) in [7, 11) is 0. The Morgan fingerprint density at radius 1 is 1.24 bits per heavy atom. The van der Waals surface area contributed by atoms with E-state index in [1.54, 1.807) is 26.0 Å². The zero-order valence-electron chi connectivity index (χ0n) is 11.8.